The fraction of sp³-hybridized carbons (Fsp3) is 0.526. The predicted octanol–water partition coefficient (Wildman–Crippen LogP) is 3.92. The van der Waals surface area contributed by atoms with Crippen molar-refractivity contribution in [1.82, 2.24) is 9.97 Å². The highest BCUT2D eigenvalue weighted by Gasteiger charge is 2.31. The summed E-state index contributed by atoms with van der Waals surface area (Å²) in [4.78, 5) is 8.21. The molecule has 3 unspecified atom stereocenters. The zero-order valence-electron chi connectivity index (χ0n) is 13.8. The van der Waals surface area contributed by atoms with Gasteiger partial charge in [0.15, 0.2) is 0 Å². The van der Waals surface area contributed by atoms with Crippen LogP contribution in [-0.4, -0.2) is 16.5 Å². The Balaban J connectivity index is 1.81. The molecule has 0 bridgehead atoms. The van der Waals surface area contributed by atoms with Gasteiger partial charge in [0.2, 0.25) is 0 Å². The Bertz CT molecular complexity index is 635. The average molecular weight is 297 g/mol. The van der Waals surface area contributed by atoms with Gasteiger partial charge in [-0.25, -0.2) is 4.98 Å². The number of nitrogens with one attached hydrogen (secondary N) is 1. The van der Waals surface area contributed by atoms with Crippen LogP contribution in [0.25, 0.3) is 11.0 Å². The third-order valence-corrected chi connectivity index (χ3v) is 5.23. The Morgan fingerprint density at radius 2 is 2.09 bits per heavy atom. The molecule has 3 atom stereocenters. The molecule has 1 aromatic carbocycles. The SMILES string of the molecule is CC1=CC(CN)C(C(C)C)CC1Cc1nc2ccccc2[nH]1. The lowest BCUT2D eigenvalue weighted by Gasteiger charge is -2.36. The predicted molar refractivity (Wildman–Crippen MR) is 92.5 cm³/mol. The Kier molecular flexibility index (Phi) is 4.34. The van der Waals surface area contributed by atoms with Crippen LogP contribution in [0.5, 0.6) is 0 Å². The molecule has 1 heterocycles. The second-order valence-electron chi connectivity index (χ2n) is 7.06. The fourth-order valence-electron chi connectivity index (χ4n) is 3.88. The van der Waals surface area contributed by atoms with E-state index in [9.17, 15) is 0 Å². The third-order valence-electron chi connectivity index (χ3n) is 5.23. The first kappa shape index (κ1) is 15.3. The number of H-pyrrole nitrogens is 1. The van der Waals surface area contributed by atoms with Crippen molar-refractivity contribution in [2.45, 2.75) is 33.6 Å². The number of para-hydroxylation sites is 2. The van der Waals surface area contributed by atoms with E-state index in [1.165, 1.54) is 12.0 Å². The molecule has 0 fully saturated rings. The highest BCUT2D eigenvalue weighted by atomic mass is 14.9. The van der Waals surface area contributed by atoms with Crippen LogP contribution in [0.1, 0.15) is 33.0 Å². The van der Waals surface area contributed by atoms with E-state index in [0.29, 0.717) is 23.7 Å². The maximum absolute atomic E-state index is 5.98. The second-order valence-corrected chi connectivity index (χ2v) is 7.06. The molecule has 0 radical (unpaired) electrons. The quantitative estimate of drug-likeness (QED) is 0.840. The van der Waals surface area contributed by atoms with E-state index in [-0.39, 0.29) is 0 Å². The molecule has 0 saturated carbocycles. The minimum Gasteiger partial charge on any atom is -0.342 e. The standard InChI is InChI=1S/C19H27N3/c1-12(2)16-9-14(13(3)8-15(16)11-20)10-19-21-17-6-4-5-7-18(17)22-19/h4-8,12,14-16H,9-11,20H2,1-3H3,(H,21,22). The molecule has 0 saturated heterocycles. The zero-order valence-corrected chi connectivity index (χ0v) is 13.8. The van der Waals surface area contributed by atoms with Crippen LogP contribution < -0.4 is 5.73 Å². The van der Waals surface area contributed by atoms with Crippen molar-refractivity contribution in [3.8, 4) is 0 Å². The Morgan fingerprint density at radius 1 is 1.32 bits per heavy atom. The number of hydrogen-bond donors (Lipinski definition) is 2. The Morgan fingerprint density at radius 3 is 2.77 bits per heavy atom. The highest BCUT2D eigenvalue weighted by Crippen LogP contribution is 2.38. The average Bonchev–Trinajstić information content (AvgIpc) is 2.90. The number of aromatic nitrogens is 2. The second kappa shape index (κ2) is 6.25. The van der Waals surface area contributed by atoms with Crippen LogP contribution >= 0.6 is 0 Å². The first-order valence-electron chi connectivity index (χ1n) is 8.40. The number of fused-ring (bicyclic) bond motifs is 1. The number of nitrogens with two attached hydrogens (primary N) is 1. The molecule has 0 amide bonds. The summed E-state index contributed by atoms with van der Waals surface area (Å²) in [5.41, 5.74) is 9.66. The van der Waals surface area contributed by atoms with Crippen LogP contribution in [-0.2, 0) is 6.42 Å². The number of aromatic amines is 1. The van der Waals surface area contributed by atoms with Crippen molar-refractivity contribution >= 4 is 11.0 Å². The first-order chi connectivity index (χ1) is 10.6. The minimum atomic E-state index is 0.534. The van der Waals surface area contributed by atoms with Crippen molar-refractivity contribution in [2.75, 3.05) is 6.54 Å². The summed E-state index contributed by atoms with van der Waals surface area (Å²) < 4.78 is 0. The third kappa shape index (κ3) is 2.95. The molecule has 1 aromatic heterocycles. The molecule has 3 rings (SSSR count). The number of allylic oxidation sites excluding steroid dienone is 1. The monoisotopic (exact) mass is 297 g/mol. The van der Waals surface area contributed by atoms with Crippen molar-refractivity contribution in [3.63, 3.8) is 0 Å². The molecule has 118 valence electrons. The van der Waals surface area contributed by atoms with Gasteiger partial charge in [-0.05, 0) is 55.7 Å². The van der Waals surface area contributed by atoms with Gasteiger partial charge in [-0.2, -0.15) is 0 Å². The summed E-state index contributed by atoms with van der Waals surface area (Å²) in [7, 11) is 0. The van der Waals surface area contributed by atoms with Gasteiger partial charge in [0.25, 0.3) is 0 Å². The summed E-state index contributed by atoms with van der Waals surface area (Å²) in [5, 5.41) is 0. The van der Waals surface area contributed by atoms with E-state index in [2.05, 4.69) is 50.0 Å². The minimum absolute atomic E-state index is 0.534. The molecule has 3 nitrogen and oxygen atoms in total. The summed E-state index contributed by atoms with van der Waals surface area (Å²) in [6.45, 7) is 7.66. The number of imidazole rings is 1. The van der Waals surface area contributed by atoms with Crippen molar-refractivity contribution in [1.29, 1.82) is 0 Å². The molecule has 2 aromatic rings. The molecule has 1 aliphatic carbocycles. The van der Waals surface area contributed by atoms with E-state index < -0.39 is 0 Å². The van der Waals surface area contributed by atoms with Gasteiger partial charge < -0.3 is 10.7 Å². The lowest BCUT2D eigenvalue weighted by molar-refractivity contribution is 0.230. The Labute approximate surface area is 133 Å². The van der Waals surface area contributed by atoms with E-state index in [4.69, 9.17) is 10.7 Å². The number of rotatable bonds is 4. The maximum Gasteiger partial charge on any atom is 0.107 e. The number of nitrogens with zero attached hydrogens (tertiary/aromatic N) is 1. The lowest BCUT2D eigenvalue weighted by Crippen LogP contribution is -2.32. The van der Waals surface area contributed by atoms with E-state index in [1.54, 1.807) is 0 Å². The highest BCUT2D eigenvalue weighted by molar-refractivity contribution is 5.74. The molecular formula is C19H27N3. The van der Waals surface area contributed by atoms with Gasteiger partial charge in [-0.15, -0.1) is 0 Å². The first-order valence-corrected chi connectivity index (χ1v) is 8.40. The number of hydrogen-bond acceptors (Lipinski definition) is 2. The molecule has 3 N–H and O–H groups in total. The smallest absolute Gasteiger partial charge is 0.107 e. The van der Waals surface area contributed by atoms with E-state index >= 15 is 0 Å². The molecule has 1 aliphatic rings. The van der Waals surface area contributed by atoms with Crippen molar-refractivity contribution in [2.24, 2.45) is 29.4 Å². The van der Waals surface area contributed by atoms with Crippen LogP contribution in [0.15, 0.2) is 35.9 Å². The zero-order chi connectivity index (χ0) is 15.7. The van der Waals surface area contributed by atoms with Gasteiger partial charge in [0.05, 0.1) is 11.0 Å². The topological polar surface area (TPSA) is 54.7 Å². The molecule has 0 aliphatic heterocycles. The number of benzene rings is 1. The van der Waals surface area contributed by atoms with Gasteiger partial charge in [0, 0.05) is 6.42 Å². The van der Waals surface area contributed by atoms with Gasteiger partial charge >= 0.3 is 0 Å². The lowest BCUT2D eigenvalue weighted by atomic mass is 9.70. The van der Waals surface area contributed by atoms with Crippen LogP contribution in [0.4, 0.5) is 0 Å². The van der Waals surface area contributed by atoms with Crippen molar-refractivity contribution < 1.29 is 0 Å². The van der Waals surface area contributed by atoms with E-state index in [0.717, 1.165) is 29.8 Å². The summed E-state index contributed by atoms with van der Waals surface area (Å²) in [5.74, 6) is 3.58. The normalized spacial score (nSPS) is 25.7. The summed E-state index contributed by atoms with van der Waals surface area (Å²) in [6.07, 6.45) is 4.64. The van der Waals surface area contributed by atoms with Gasteiger partial charge in [-0.1, -0.05) is 37.6 Å². The van der Waals surface area contributed by atoms with Crippen molar-refractivity contribution in [3.05, 3.63) is 41.7 Å². The fourth-order valence-corrected chi connectivity index (χ4v) is 3.88. The summed E-state index contributed by atoms with van der Waals surface area (Å²) >= 11 is 0. The van der Waals surface area contributed by atoms with E-state index in [1.807, 2.05) is 6.07 Å². The molecule has 22 heavy (non-hydrogen) atoms. The Hall–Kier alpha value is -1.61. The molecule has 0 spiro atoms. The largest absolute Gasteiger partial charge is 0.342 e. The van der Waals surface area contributed by atoms with Gasteiger partial charge in [0.1, 0.15) is 5.82 Å². The molecular weight excluding hydrogens is 270 g/mol. The van der Waals surface area contributed by atoms with Crippen LogP contribution in [0.3, 0.4) is 0 Å². The molecule has 3 heteroatoms. The van der Waals surface area contributed by atoms with Gasteiger partial charge in [-0.3, -0.25) is 0 Å². The van der Waals surface area contributed by atoms with Crippen LogP contribution in [0.2, 0.25) is 0 Å². The van der Waals surface area contributed by atoms with Crippen LogP contribution in [0, 0.1) is 23.7 Å². The maximum atomic E-state index is 5.98. The summed E-state index contributed by atoms with van der Waals surface area (Å²) in [6, 6.07) is 8.26.